The Hall–Kier alpha value is -3.72. The first-order valence-corrected chi connectivity index (χ1v) is 11.6. The van der Waals surface area contributed by atoms with Gasteiger partial charge in [0.2, 0.25) is 5.88 Å². The molecule has 1 saturated carbocycles. The van der Waals surface area contributed by atoms with Gasteiger partial charge in [-0.15, -0.1) is 0 Å². The van der Waals surface area contributed by atoms with Crippen LogP contribution in [0.3, 0.4) is 0 Å². The highest BCUT2D eigenvalue weighted by Crippen LogP contribution is 2.47. The number of fused-ring (bicyclic) bond motifs is 2. The van der Waals surface area contributed by atoms with Gasteiger partial charge in [0.05, 0.1) is 11.2 Å². The number of carbonyl (C=O) groups excluding carboxylic acids is 1. The van der Waals surface area contributed by atoms with Crippen LogP contribution in [0, 0.1) is 0 Å². The lowest BCUT2D eigenvalue weighted by molar-refractivity contribution is 0.254. The van der Waals surface area contributed by atoms with Crippen molar-refractivity contribution in [2.45, 2.75) is 51.1 Å². The number of carbonyl (C=O) groups is 1. The van der Waals surface area contributed by atoms with E-state index in [1.807, 2.05) is 42.1 Å². The monoisotopic (exact) mass is 457 g/mol. The molecule has 0 bridgehead atoms. The molecule has 0 saturated heterocycles. The van der Waals surface area contributed by atoms with E-state index in [1.165, 1.54) is 6.33 Å². The number of hydrogen-bond acceptors (Lipinski definition) is 6. The summed E-state index contributed by atoms with van der Waals surface area (Å²) in [7, 11) is 1.92. The number of hydrogen-bond donors (Lipinski definition) is 2. The minimum Gasteiger partial charge on any atom is -0.439 e. The van der Waals surface area contributed by atoms with Crippen LogP contribution in [-0.2, 0) is 25.4 Å². The smallest absolute Gasteiger partial charge is 0.331 e. The maximum absolute atomic E-state index is 13.0. The molecule has 4 heterocycles. The van der Waals surface area contributed by atoms with Crippen LogP contribution in [0.2, 0.25) is 0 Å². The van der Waals surface area contributed by atoms with E-state index in [1.54, 1.807) is 10.8 Å². The average molecular weight is 458 g/mol. The second kappa shape index (κ2) is 7.66. The summed E-state index contributed by atoms with van der Waals surface area (Å²) < 4.78 is 9.60. The van der Waals surface area contributed by atoms with Crippen LogP contribution in [0.1, 0.15) is 43.6 Å². The number of aromatic nitrogens is 5. The van der Waals surface area contributed by atoms with Gasteiger partial charge < -0.3 is 10.1 Å². The zero-order valence-corrected chi connectivity index (χ0v) is 19.5. The predicted octanol–water partition coefficient (Wildman–Crippen LogP) is 4.12. The van der Waals surface area contributed by atoms with E-state index >= 15 is 0 Å². The van der Waals surface area contributed by atoms with Gasteiger partial charge >= 0.3 is 6.03 Å². The second-order valence-electron chi connectivity index (χ2n) is 9.63. The van der Waals surface area contributed by atoms with Crippen LogP contribution in [0.5, 0.6) is 11.6 Å². The summed E-state index contributed by atoms with van der Waals surface area (Å²) in [6, 6.07) is 9.64. The van der Waals surface area contributed by atoms with Crippen molar-refractivity contribution in [2.24, 2.45) is 7.05 Å². The van der Waals surface area contributed by atoms with Gasteiger partial charge in [-0.1, -0.05) is 6.92 Å². The fraction of sp³-hybridized carbons (Fsp3) is 0.360. The highest BCUT2D eigenvalue weighted by atomic mass is 16.5. The van der Waals surface area contributed by atoms with Crippen molar-refractivity contribution in [1.82, 2.24) is 29.6 Å². The molecule has 4 aromatic rings. The van der Waals surface area contributed by atoms with E-state index < -0.39 is 0 Å². The number of anilines is 1. The molecule has 9 heteroatoms. The van der Waals surface area contributed by atoms with Gasteiger partial charge in [0.15, 0.2) is 5.82 Å². The third-order valence-corrected chi connectivity index (χ3v) is 6.95. The van der Waals surface area contributed by atoms with Crippen LogP contribution in [0.25, 0.3) is 10.9 Å². The Kier molecular flexibility index (Phi) is 4.70. The lowest BCUT2D eigenvalue weighted by Crippen LogP contribution is -2.33. The summed E-state index contributed by atoms with van der Waals surface area (Å²) in [6.07, 6.45) is 6.42. The molecular formula is C25H27N7O2. The summed E-state index contributed by atoms with van der Waals surface area (Å²) in [4.78, 5) is 21.7. The van der Waals surface area contributed by atoms with Crippen molar-refractivity contribution in [1.29, 1.82) is 0 Å². The summed E-state index contributed by atoms with van der Waals surface area (Å²) >= 11 is 0. The maximum Gasteiger partial charge on any atom is 0.331 e. The zero-order valence-electron chi connectivity index (χ0n) is 19.5. The van der Waals surface area contributed by atoms with Gasteiger partial charge in [0.1, 0.15) is 12.1 Å². The minimum absolute atomic E-state index is 0.179. The molecule has 3 aromatic heterocycles. The first-order valence-electron chi connectivity index (χ1n) is 11.6. The molecule has 2 aliphatic rings. The first kappa shape index (κ1) is 20.9. The van der Waals surface area contributed by atoms with Crippen molar-refractivity contribution >= 4 is 22.8 Å². The molecule has 0 radical (unpaired) electrons. The van der Waals surface area contributed by atoms with E-state index in [-0.39, 0.29) is 11.4 Å². The molecule has 9 nitrogen and oxygen atoms in total. The van der Waals surface area contributed by atoms with Crippen LogP contribution >= 0.6 is 0 Å². The Morgan fingerprint density at radius 1 is 1.24 bits per heavy atom. The third kappa shape index (κ3) is 3.62. The highest BCUT2D eigenvalue weighted by Gasteiger charge is 2.41. The zero-order chi connectivity index (χ0) is 23.4. The highest BCUT2D eigenvalue weighted by molar-refractivity contribution is 5.98. The molecule has 6 rings (SSSR count). The van der Waals surface area contributed by atoms with Gasteiger partial charge in [-0.2, -0.15) is 5.10 Å². The largest absolute Gasteiger partial charge is 0.439 e. The average Bonchev–Trinajstić information content (AvgIpc) is 3.24. The van der Waals surface area contributed by atoms with Crippen molar-refractivity contribution in [2.75, 3.05) is 5.32 Å². The van der Waals surface area contributed by atoms with Crippen molar-refractivity contribution < 1.29 is 9.53 Å². The molecule has 2 N–H and O–H groups in total. The quantitative estimate of drug-likeness (QED) is 0.478. The molecule has 1 fully saturated rings. The maximum atomic E-state index is 13.0. The molecule has 34 heavy (non-hydrogen) atoms. The van der Waals surface area contributed by atoms with Gasteiger partial charge in [-0.25, -0.2) is 14.8 Å². The number of ether oxygens (including phenoxy) is 1. The van der Waals surface area contributed by atoms with Gasteiger partial charge in [-0.05, 0) is 50.5 Å². The van der Waals surface area contributed by atoms with Gasteiger partial charge in [0.25, 0.3) is 0 Å². The van der Waals surface area contributed by atoms with E-state index in [0.29, 0.717) is 30.0 Å². The summed E-state index contributed by atoms with van der Waals surface area (Å²) in [5.41, 5.74) is 4.14. The number of nitrogens with zero attached hydrogens (tertiary/aromatic N) is 5. The van der Waals surface area contributed by atoms with E-state index in [9.17, 15) is 4.79 Å². The first-order chi connectivity index (χ1) is 16.4. The Labute approximate surface area is 197 Å². The van der Waals surface area contributed by atoms with Crippen molar-refractivity contribution in [3.8, 4) is 11.6 Å². The van der Waals surface area contributed by atoms with E-state index in [4.69, 9.17) is 4.74 Å². The SMILES string of the molecule is CC1Cc2c(ncnc2Oc2ccc3c(ccn3C(=O)Nc3cc(C4(C)CC4)n(C)n3)c2)CN1. The molecule has 1 aliphatic heterocycles. The molecule has 1 aromatic carbocycles. The summed E-state index contributed by atoms with van der Waals surface area (Å²) in [5, 5.41) is 11.7. The summed E-state index contributed by atoms with van der Waals surface area (Å²) in [5.74, 6) is 1.82. The van der Waals surface area contributed by atoms with Crippen LogP contribution in [0.15, 0.2) is 42.9 Å². The molecule has 1 unspecified atom stereocenters. The normalized spacial score (nSPS) is 18.5. The van der Waals surface area contributed by atoms with Crippen LogP contribution in [0.4, 0.5) is 10.6 Å². The van der Waals surface area contributed by atoms with Gasteiger partial charge in [0, 0.05) is 54.0 Å². The predicted molar refractivity (Wildman–Crippen MR) is 128 cm³/mol. The van der Waals surface area contributed by atoms with Crippen molar-refractivity contribution in [3.05, 3.63) is 59.8 Å². The molecule has 1 amide bonds. The molecule has 174 valence electrons. The van der Waals surface area contributed by atoms with Crippen LogP contribution in [-0.4, -0.2) is 36.4 Å². The number of benzene rings is 1. The second-order valence-corrected chi connectivity index (χ2v) is 9.63. The Morgan fingerprint density at radius 2 is 2.09 bits per heavy atom. The number of amides is 1. The van der Waals surface area contributed by atoms with Crippen molar-refractivity contribution in [3.63, 3.8) is 0 Å². The molecule has 1 atom stereocenters. The topological polar surface area (TPSA) is 98.9 Å². The van der Waals surface area contributed by atoms with E-state index in [2.05, 4.69) is 39.5 Å². The molecular weight excluding hydrogens is 430 g/mol. The Morgan fingerprint density at radius 3 is 2.91 bits per heavy atom. The molecule has 1 aliphatic carbocycles. The fourth-order valence-corrected chi connectivity index (χ4v) is 4.70. The number of rotatable bonds is 4. The van der Waals surface area contributed by atoms with Gasteiger partial charge in [-0.3, -0.25) is 14.6 Å². The minimum atomic E-state index is -0.249. The molecule has 0 spiro atoms. The lowest BCUT2D eigenvalue weighted by atomic mass is 10.0. The van der Waals surface area contributed by atoms with E-state index in [0.717, 1.165) is 47.1 Å². The number of aryl methyl sites for hydroxylation is 1. The fourth-order valence-electron chi connectivity index (χ4n) is 4.70. The Balaban J connectivity index is 1.23. The lowest BCUT2D eigenvalue weighted by Gasteiger charge is -2.23. The standard InChI is InChI=1S/C25H27N7O2/c1-15-10-18-19(13-26-15)27-14-28-23(18)34-17-4-5-20-16(11-17)6-9-32(20)24(33)29-22-12-21(31(3)30-22)25(2)7-8-25/h4-6,9,11-12,14-15,26H,7-8,10,13H2,1-3H3,(H,29,30,33). The Bertz CT molecular complexity index is 1420. The van der Waals surface area contributed by atoms with Crippen LogP contribution < -0.4 is 15.4 Å². The number of nitrogens with one attached hydrogen (secondary N) is 2. The summed E-state index contributed by atoms with van der Waals surface area (Å²) in [6.45, 7) is 5.07. The third-order valence-electron chi connectivity index (χ3n) is 6.95.